The first-order chi connectivity index (χ1) is 11.5. The highest BCUT2D eigenvalue weighted by Gasteiger charge is 2.35. The number of carbonyl (C=O) groups is 1. The second-order valence-electron chi connectivity index (χ2n) is 7.18. The molecule has 1 saturated heterocycles. The van der Waals surface area contributed by atoms with E-state index in [1.54, 1.807) is 6.20 Å². The van der Waals surface area contributed by atoms with Gasteiger partial charge in [-0.15, -0.1) is 0 Å². The zero-order valence-corrected chi connectivity index (χ0v) is 14.4. The van der Waals surface area contributed by atoms with Crippen LogP contribution >= 0.6 is 0 Å². The van der Waals surface area contributed by atoms with Crippen LogP contribution in [0.25, 0.3) is 11.3 Å². The summed E-state index contributed by atoms with van der Waals surface area (Å²) in [5, 5.41) is 0. The molecule has 1 amide bonds. The Bertz CT molecular complexity index is 694. The van der Waals surface area contributed by atoms with Gasteiger partial charge in [0.25, 0.3) is 0 Å². The van der Waals surface area contributed by atoms with E-state index in [4.69, 9.17) is 10.2 Å². The summed E-state index contributed by atoms with van der Waals surface area (Å²) in [6, 6.07) is 10.0. The minimum Gasteiger partial charge on any atom is -0.441 e. The number of likely N-dealkylation sites (tertiary alicyclic amines) is 1. The van der Waals surface area contributed by atoms with Crippen molar-refractivity contribution in [2.75, 3.05) is 13.1 Å². The Labute approximate surface area is 142 Å². The van der Waals surface area contributed by atoms with Gasteiger partial charge >= 0.3 is 0 Å². The fraction of sp³-hybridized carbons (Fsp3) is 0.474. The van der Waals surface area contributed by atoms with Crippen LogP contribution in [0.4, 0.5) is 0 Å². The van der Waals surface area contributed by atoms with Gasteiger partial charge in [-0.2, -0.15) is 0 Å². The van der Waals surface area contributed by atoms with Crippen molar-refractivity contribution in [1.82, 2.24) is 9.88 Å². The number of piperidine rings is 1. The van der Waals surface area contributed by atoms with Crippen molar-refractivity contribution < 1.29 is 9.21 Å². The number of amides is 1. The summed E-state index contributed by atoms with van der Waals surface area (Å²) in [6.45, 7) is 5.70. The number of aromatic nitrogens is 1. The molecule has 0 aliphatic carbocycles. The Morgan fingerprint density at radius 3 is 2.83 bits per heavy atom. The Morgan fingerprint density at radius 2 is 2.12 bits per heavy atom. The maximum atomic E-state index is 12.5. The average molecular weight is 327 g/mol. The van der Waals surface area contributed by atoms with Gasteiger partial charge < -0.3 is 15.1 Å². The van der Waals surface area contributed by atoms with E-state index in [2.05, 4.69) is 18.8 Å². The summed E-state index contributed by atoms with van der Waals surface area (Å²) in [4.78, 5) is 18.7. The standard InChI is InChI=1S/C19H25N3O2/c1-19(2)13-22(11-10-16(19)20)18(23)9-8-17-21-12-15(24-17)14-6-4-3-5-7-14/h3-7,12,16H,8-11,13,20H2,1-2H3. The Morgan fingerprint density at radius 1 is 1.38 bits per heavy atom. The van der Waals surface area contributed by atoms with Crippen LogP contribution in [0.5, 0.6) is 0 Å². The van der Waals surface area contributed by atoms with Crippen molar-refractivity contribution in [3.05, 3.63) is 42.4 Å². The van der Waals surface area contributed by atoms with Gasteiger partial charge in [-0.05, 0) is 11.8 Å². The summed E-state index contributed by atoms with van der Waals surface area (Å²) < 4.78 is 5.76. The van der Waals surface area contributed by atoms with Gasteiger partial charge in [0, 0.05) is 37.5 Å². The Kier molecular flexibility index (Phi) is 4.71. The molecule has 0 spiro atoms. The molecule has 2 aromatic rings. The molecule has 1 aliphatic rings. The van der Waals surface area contributed by atoms with E-state index in [-0.39, 0.29) is 17.4 Å². The average Bonchev–Trinajstić information content (AvgIpc) is 3.05. The van der Waals surface area contributed by atoms with Gasteiger partial charge in [-0.25, -0.2) is 4.98 Å². The molecule has 5 nitrogen and oxygen atoms in total. The molecule has 0 bridgehead atoms. The van der Waals surface area contributed by atoms with Crippen LogP contribution in [-0.4, -0.2) is 34.9 Å². The lowest BCUT2D eigenvalue weighted by Gasteiger charge is -2.42. The number of carbonyl (C=O) groups excluding carboxylic acids is 1. The highest BCUT2D eigenvalue weighted by Crippen LogP contribution is 2.28. The number of nitrogens with zero attached hydrogens (tertiary/aromatic N) is 2. The fourth-order valence-corrected chi connectivity index (χ4v) is 3.12. The van der Waals surface area contributed by atoms with E-state index in [1.807, 2.05) is 35.2 Å². The first-order valence-electron chi connectivity index (χ1n) is 8.49. The lowest BCUT2D eigenvalue weighted by molar-refractivity contribution is -0.134. The monoisotopic (exact) mass is 327 g/mol. The second kappa shape index (κ2) is 6.77. The van der Waals surface area contributed by atoms with Crippen molar-refractivity contribution in [2.45, 2.75) is 39.2 Å². The third-order valence-corrected chi connectivity index (χ3v) is 4.83. The third kappa shape index (κ3) is 3.67. The van der Waals surface area contributed by atoms with Crippen molar-refractivity contribution in [2.24, 2.45) is 11.1 Å². The lowest BCUT2D eigenvalue weighted by Crippen LogP contribution is -2.54. The molecule has 2 N–H and O–H groups in total. The number of hydrogen-bond donors (Lipinski definition) is 1. The topological polar surface area (TPSA) is 72.4 Å². The van der Waals surface area contributed by atoms with Crippen LogP contribution in [0.15, 0.2) is 40.9 Å². The quantitative estimate of drug-likeness (QED) is 0.937. The van der Waals surface area contributed by atoms with Gasteiger partial charge in [-0.1, -0.05) is 44.2 Å². The zero-order chi connectivity index (χ0) is 17.2. The molecule has 1 aromatic carbocycles. The van der Waals surface area contributed by atoms with Crippen molar-refractivity contribution in [3.8, 4) is 11.3 Å². The molecule has 1 aromatic heterocycles. The van der Waals surface area contributed by atoms with E-state index in [1.165, 1.54) is 0 Å². The smallest absolute Gasteiger partial charge is 0.223 e. The molecule has 0 saturated carbocycles. The molecule has 0 radical (unpaired) electrons. The molecule has 3 rings (SSSR count). The normalized spacial score (nSPS) is 20.1. The fourth-order valence-electron chi connectivity index (χ4n) is 3.12. The van der Waals surface area contributed by atoms with E-state index < -0.39 is 0 Å². The summed E-state index contributed by atoms with van der Waals surface area (Å²) >= 11 is 0. The third-order valence-electron chi connectivity index (χ3n) is 4.83. The summed E-state index contributed by atoms with van der Waals surface area (Å²) in [5.41, 5.74) is 7.10. The first kappa shape index (κ1) is 16.7. The summed E-state index contributed by atoms with van der Waals surface area (Å²) in [6.07, 6.45) is 3.52. The van der Waals surface area contributed by atoms with Gasteiger partial charge in [0.2, 0.25) is 5.91 Å². The minimum absolute atomic E-state index is 0.0304. The van der Waals surface area contributed by atoms with Crippen molar-refractivity contribution in [3.63, 3.8) is 0 Å². The lowest BCUT2D eigenvalue weighted by atomic mass is 9.79. The SMILES string of the molecule is CC1(C)CN(C(=O)CCc2ncc(-c3ccccc3)o2)CCC1N. The Balaban J connectivity index is 1.56. The van der Waals surface area contributed by atoms with Gasteiger partial charge in [-0.3, -0.25) is 4.79 Å². The van der Waals surface area contributed by atoms with E-state index in [9.17, 15) is 4.79 Å². The number of benzene rings is 1. The molecule has 1 unspecified atom stereocenters. The van der Waals surface area contributed by atoms with Crippen LogP contribution in [0.3, 0.4) is 0 Å². The molecule has 2 heterocycles. The molecule has 1 aliphatic heterocycles. The number of hydrogen-bond acceptors (Lipinski definition) is 4. The maximum Gasteiger partial charge on any atom is 0.223 e. The molecular weight excluding hydrogens is 302 g/mol. The number of nitrogens with two attached hydrogens (primary N) is 1. The summed E-state index contributed by atoms with van der Waals surface area (Å²) in [7, 11) is 0. The second-order valence-corrected chi connectivity index (χ2v) is 7.18. The van der Waals surface area contributed by atoms with Crippen LogP contribution in [0.2, 0.25) is 0 Å². The van der Waals surface area contributed by atoms with Gasteiger partial charge in [0.05, 0.1) is 6.20 Å². The maximum absolute atomic E-state index is 12.5. The van der Waals surface area contributed by atoms with E-state index in [0.717, 1.165) is 24.3 Å². The van der Waals surface area contributed by atoms with Crippen LogP contribution in [-0.2, 0) is 11.2 Å². The molecule has 24 heavy (non-hydrogen) atoms. The van der Waals surface area contributed by atoms with Gasteiger partial charge in [0.15, 0.2) is 11.7 Å². The highest BCUT2D eigenvalue weighted by molar-refractivity contribution is 5.76. The van der Waals surface area contributed by atoms with Crippen LogP contribution < -0.4 is 5.73 Å². The molecule has 128 valence electrons. The van der Waals surface area contributed by atoms with Gasteiger partial charge in [0.1, 0.15) is 0 Å². The van der Waals surface area contributed by atoms with E-state index >= 15 is 0 Å². The molecule has 1 fully saturated rings. The largest absolute Gasteiger partial charge is 0.441 e. The van der Waals surface area contributed by atoms with E-state index in [0.29, 0.717) is 25.3 Å². The molecular formula is C19H25N3O2. The number of aryl methyl sites for hydroxylation is 1. The van der Waals surface area contributed by atoms with Crippen molar-refractivity contribution >= 4 is 5.91 Å². The minimum atomic E-state index is -0.0304. The molecule has 5 heteroatoms. The Hall–Kier alpha value is -2.14. The van der Waals surface area contributed by atoms with Crippen LogP contribution in [0, 0.1) is 5.41 Å². The zero-order valence-electron chi connectivity index (χ0n) is 14.4. The molecule has 1 atom stereocenters. The number of rotatable bonds is 4. The highest BCUT2D eigenvalue weighted by atomic mass is 16.4. The first-order valence-corrected chi connectivity index (χ1v) is 8.49. The van der Waals surface area contributed by atoms with Crippen LogP contribution in [0.1, 0.15) is 32.6 Å². The predicted octanol–water partition coefficient (Wildman–Crippen LogP) is 2.86. The predicted molar refractivity (Wildman–Crippen MR) is 93.2 cm³/mol. The summed E-state index contributed by atoms with van der Waals surface area (Å²) in [5.74, 6) is 1.49. The number of oxazole rings is 1. The van der Waals surface area contributed by atoms with Crippen molar-refractivity contribution in [1.29, 1.82) is 0 Å².